The van der Waals surface area contributed by atoms with Gasteiger partial charge >= 0.3 is 0 Å². The molecule has 4 heteroatoms. The molecule has 3 rings (SSSR count). The van der Waals surface area contributed by atoms with Crippen LogP contribution in [-0.4, -0.2) is 25.0 Å². The minimum Gasteiger partial charge on any atom is -0.476 e. The van der Waals surface area contributed by atoms with E-state index in [4.69, 9.17) is 4.74 Å². The van der Waals surface area contributed by atoms with Crippen LogP contribution in [0, 0.1) is 0 Å². The summed E-state index contributed by atoms with van der Waals surface area (Å²) in [5.74, 6) is 0.619. The number of amides is 1. The minimum absolute atomic E-state index is 0.0769. The lowest BCUT2D eigenvalue weighted by molar-refractivity contribution is -0.129. The topological polar surface area (TPSA) is 50.4 Å². The molecule has 4 nitrogen and oxygen atoms in total. The van der Waals surface area contributed by atoms with E-state index in [-0.39, 0.29) is 11.9 Å². The number of carbonyl (C=O) groups is 1. The van der Waals surface area contributed by atoms with Crippen molar-refractivity contribution in [3.05, 3.63) is 66.2 Å². The van der Waals surface area contributed by atoms with Crippen molar-refractivity contribution in [2.45, 2.75) is 25.0 Å². The van der Waals surface area contributed by atoms with Gasteiger partial charge in [-0.2, -0.15) is 0 Å². The van der Waals surface area contributed by atoms with Gasteiger partial charge in [-0.3, -0.25) is 4.79 Å². The molecule has 1 amide bonds. The fraction of sp³-hybridized carbons (Fsp3) is 0.316. The highest BCUT2D eigenvalue weighted by molar-refractivity contribution is 5.82. The monoisotopic (exact) mass is 310 g/mol. The zero-order chi connectivity index (χ0) is 15.9. The van der Waals surface area contributed by atoms with E-state index in [0.717, 1.165) is 31.5 Å². The number of ether oxygens (including phenoxy) is 1. The summed E-state index contributed by atoms with van der Waals surface area (Å²) < 4.78 is 5.98. The molecule has 1 fully saturated rings. The molecule has 0 saturated carbocycles. The van der Waals surface area contributed by atoms with Gasteiger partial charge in [-0.05, 0) is 38.1 Å². The molecule has 0 aromatic heterocycles. The molecule has 0 radical (unpaired) electrons. The summed E-state index contributed by atoms with van der Waals surface area (Å²) in [6, 6.07) is 19.3. The number of piperidine rings is 1. The summed E-state index contributed by atoms with van der Waals surface area (Å²) in [5.41, 5.74) is 0.864. The van der Waals surface area contributed by atoms with Gasteiger partial charge in [-0.15, -0.1) is 0 Å². The SMILES string of the molecule is O=C(NC1CCNCC1)C(Oc1ccccc1)c1ccccc1. The van der Waals surface area contributed by atoms with Crippen LogP contribution >= 0.6 is 0 Å². The van der Waals surface area contributed by atoms with E-state index < -0.39 is 6.10 Å². The summed E-state index contributed by atoms with van der Waals surface area (Å²) in [6.07, 6.45) is 1.28. The summed E-state index contributed by atoms with van der Waals surface area (Å²) in [4.78, 5) is 12.8. The maximum atomic E-state index is 12.8. The van der Waals surface area contributed by atoms with E-state index in [2.05, 4.69) is 10.6 Å². The standard InChI is InChI=1S/C19H22N2O2/c22-19(21-16-11-13-20-14-12-16)18(15-7-3-1-4-8-15)23-17-9-5-2-6-10-17/h1-10,16,18,20H,11-14H2,(H,21,22). The van der Waals surface area contributed by atoms with Gasteiger partial charge in [0.2, 0.25) is 6.10 Å². The third-order valence-corrected chi connectivity index (χ3v) is 4.02. The van der Waals surface area contributed by atoms with E-state index in [1.54, 1.807) is 0 Å². The molecular formula is C19H22N2O2. The molecule has 120 valence electrons. The summed E-state index contributed by atoms with van der Waals surface area (Å²) in [5, 5.41) is 6.44. The van der Waals surface area contributed by atoms with E-state index in [0.29, 0.717) is 5.75 Å². The third-order valence-electron chi connectivity index (χ3n) is 4.02. The van der Waals surface area contributed by atoms with Crippen molar-refractivity contribution >= 4 is 5.91 Å². The first-order valence-electron chi connectivity index (χ1n) is 8.10. The maximum Gasteiger partial charge on any atom is 0.266 e. The van der Waals surface area contributed by atoms with Gasteiger partial charge in [-0.25, -0.2) is 0 Å². The Kier molecular flexibility index (Phi) is 5.27. The summed E-state index contributed by atoms with van der Waals surface area (Å²) in [6.45, 7) is 1.89. The Morgan fingerprint density at radius 1 is 1.00 bits per heavy atom. The fourth-order valence-corrected chi connectivity index (χ4v) is 2.78. The van der Waals surface area contributed by atoms with Crippen molar-refractivity contribution < 1.29 is 9.53 Å². The van der Waals surface area contributed by atoms with Crippen LogP contribution in [0.15, 0.2) is 60.7 Å². The lowest BCUT2D eigenvalue weighted by atomic mass is 10.0. The quantitative estimate of drug-likeness (QED) is 0.893. The predicted octanol–water partition coefficient (Wildman–Crippen LogP) is 2.67. The molecule has 2 N–H and O–H groups in total. The van der Waals surface area contributed by atoms with Gasteiger partial charge in [0, 0.05) is 11.6 Å². The van der Waals surface area contributed by atoms with Crippen molar-refractivity contribution in [3.63, 3.8) is 0 Å². The average molecular weight is 310 g/mol. The van der Waals surface area contributed by atoms with Crippen molar-refractivity contribution in [1.29, 1.82) is 0 Å². The van der Waals surface area contributed by atoms with Crippen LogP contribution in [0.3, 0.4) is 0 Å². The molecule has 2 aromatic rings. The number of hydrogen-bond acceptors (Lipinski definition) is 3. The molecule has 1 unspecified atom stereocenters. The second-order valence-electron chi connectivity index (χ2n) is 5.75. The largest absolute Gasteiger partial charge is 0.476 e. The average Bonchev–Trinajstić information content (AvgIpc) is 2.62. The number of rotatable bonds is 5. The van der Waals surface area contributed by atoms with Gasteiger partial charge in [0.1, 0.15) is 5.75 Å². The number of hydrogen-bond donors (Lipinski definition) is 2. The lowest BCUT2D eigenvalue weighted by Crippen LogP contribution is -2.45. The first-order chi connectivity index (χ1) is 11.3. The smallest absolute Gasteiger partial charge is 0.266 e. The van der Waals surface area contributed by atoms with E-state index >= 15 is 0 Å². The molecule has 1 aliphatic heterocycles. The number of nitrogens with one attached hydrogen (secondary N) is 2. The van der Waals surface area contributed by atoms with Crippen LogP contribution in [0.5, 0.6) is 5.75 Å². The molecule has 2 aromatic carbocycles. The fourth-order valence-electron chi connectivity index (χ4n) is 2.78. The van der Waals surface area contributed by atoms with Crippen LogP contribution in [0.25, 0.3) is 0 Å². The van der Waals surface area contributed by atoms with Gasteiger partial charge in [0.25, 0.3) is 5.91 Å². The van der Waals surface area contributed by atoms with Crippen LogP contribution in [0.2, 0.25) is 0 Å². The highest BCUT2D eigenvalue weighted by Gasteiger charge is 2.25. The van der Waals surface area contributed by atoms with E-state index in [1.165, 1.54) is 0 Å². The molecule has 0 aliphatic carbocycles. The molecule has 1 atom stereocenters. The Balaban J connectivity index is 1.75. The minimum atomic E-state index is -0.631. The van der Waals surface area contributed by atoms with Gasteiger partial charge in [0.05, 0.1) is 0 Å². The van der Waals surface area contributed by atoms with Crippen LogP contribution in [-0.2, 0) is 4.79 Å². The first-order valence-corrected chi connectivity index (χ1v) is 8.10. The Morgan fingerprint density at radius 2 is 1.61 bits per heavy atom. The maximum absolute atomic E-state index is 12.8. The second-order valence-corrected chi connectivity index (χ2v) is 5.75. The molecule has 1 saturated heterocycles. The summed E-state index contributed by atoms with van der Waals surface area (Å²) in [7, 11) is 0. The van der Waals surface area contributed by atoms with Crippen molar-refractivity contribution in [2.24, 2.45) is 0 Å². The Hall–Kier alpha value is -2.33. The molecule has 1 heterocycles. The second kappa shape index (κ2) is 7.79. The highest BCUT2D eigenvalue weighted by Crippen LogP contribution is 2.22. The molecule has 1 aliphatic rings. The van der Waals surface area contributed by atoms with Crippen molar-refractivity contribution in [1.82, 2.24) is 10.6 Å². The number of carbonyl (C=O) groups excluding carboxylic acids is 1. The highest BCUT2D eigenvalue weighted by atomic mass is 16.5. The van der Waals surface area contributed by atoms with E-state index in [9.17, 15) is 4.79 Å². The lowest BCUT2D eigenvalue weighted by Gasteiger charge is -2.26. The van der Waals surface area contributed by atoms with Gasteiger partial charge in [0.15, 0.2) is 0 Å². The van der Waals surface area contributed by atoms with E-state index in [1.807, 2.05) is 60.7 Å². The zero-order valence-electron chi connectivity index (χ0n) is 13.1. The molecule has 0 bridgehead atoms. The first kappa shape index (κ1) is 15.6. The van der Waals surface area contributed by atoms with Crippen molar-refractivity contribution in [2.75, 3.05) is 13.1 Å². The Bertz CT molecular complexity index is 610. The summed E-state index contributed by atoms with van der Waals surface area (Å²) >= 11 is 0. The van der Waals surface area contributed by atoms with Gasteiger partial charge in [-0.1, -0.05) is 48.5 Å². The normalized spacial score (nSPS) is 16.5. The molecular weight excluding hydrogens is 288 g/mol. The predicted molar refractivity (Wildman–Crippen MR) is 90.3 cm³/mol. The van der Waals surface area contributed by atoms with Crippen LogP contribution < -0.4 is 15.4 Å². The van der Waals surface area contributed by atoms with Crippen LogP contribution in [0.1, 0.15) is 24.5 Å². The zero-order valence-corrected chi connectivity index (χ0v) is 13.1. The molecule has 0 spiro atoms. The third kappa shape index (κ3) is 4.33. The molecule has 23 heavy (non-hydrogen) atoms. The number of benzene rings is 2. The Morgan fingerprint density at radius 3 is 2.26 bits per heavy atom. The van der Waals surface area contributed by atoms with Gasteiger partial charge < -0.3 is 15.4 Å². The Labute approximate surface area is 136 Å². The van der Waals surface area contributed by atoms with Crippen LogP contribution in [0.4, 0.5) is 0 Å². The number of para-hydroxylation sites is 1. The van der Waals surface area contributed by atoms with Crippen molar-refractivity contribution in [3.8, 4) is 5.75 Å².